The summed E-state index contributed by atoms with van der Waals surface area (Å²) in [5, 5.41) is 0.416. The molecule has 0 spiro atoms. The number of nitrogens with zero attached hydrogens (tertiary/aromatic N) is 5. The Kier molecular flexibility index (Phi) is 4.86. The van der Waals surface area contributed by atoms with Crippen LogP contribution in [-0.4, -0.2) is 41.1 Å². The molecule has 1 fully saturated rings. The number of hydrogen-bond acceptors (Lipinski definition) is 6. The minimum Gasteiger partial charge on any atom is -0.356 e. The zero-order chi connectivity index (χ0) is 18.2. The van der Waals surface area contributed by atoms with Crippen molar-refractivity contribution in [1.29, 1.82) is 0 Å². The smallest absolute Gasteiger partial charge is 0.356 e. The van der Waals surface area contributed by atoms with E-state index in [1.807, 2.05) is 31.9 Å². The van der Waals surface area contributed by atoms with Crippen LogP contribution >= 0.6 is 11.3 Å². The molecule has 136 valence electrons. The molecule has 2 aromatic heterocycles. The van der Waals surface area contributed by atoms with E-state index < -0.39 is 11.1 Å². The highest BCUT2D eigenvalue weighted by Crippen LogP contribution is 2.37. The van der Waals surface area contributed by atoms with Gasteiger partial charge in [0.15, 0.2) is 5.13 Å². The van der Waals surface area contributed by atoms with Gasteiger partial charge in [-0.3, -0.25) is 0 Å². The fourth-order valence-corrected chi connectivity index (χ4v) is 3.87. The van der Waals surface area contributed by atoms with Crippen molar-refractivity contribution in [3.63, 3.8) is 0 Å². The van der Waals surface area contributed by atoms with Gasteiger partial charge >= 0.3 is 6.18 Å². The second-order valence-electron chi connectivity index (χ2n) is 6.25. The fourth-order valence-electron chi connectivity index (χ4n) is 3.06. The van der Waals surface area contributed by atoms with Crippen molar-refractivity contribution in [3.8, 4) is 0 Å². The Balaban J connectivity index is 1.64. The number of hydrogen-bond donors (Lipinski definition) is 0. The van der Waals surface area contributed by atoms with Crippen molar-refractivity contribution < 1.29 is 13.2 Å². The number of aryl methyl sites for hydroxylation is 2. The molecule has 5 nitrogen and oxygen atoms in total. The van der Waals surface area contributed by atoms with Crippen molar-refractivity contribution in [2.24, 2.45) is 0 Å². The predicted molar refractivity (Wildman–Crippen MR) is 92.3 cm³/mol. The molecule has 0 aliphatic carbocycles. The highest BCUT2D eigenvalue weighted by atomic mass is 32.1. The van der Waals surface area contributed by atoms with Crippen molar-refractivity contribution in [1.82, 2.24) is 15.0 Å². The largest absolute Gasteiger partial charge is 0.427 e. The molecule has 0 amide bonds. The third-order valence-electron chi connectivity index (χ3n) is 4.36. The van der Waals surface area contributed by atoms with Gasteiger partial charge in [-0.05, 0) is 26.7 Å². The summed E-state index contributed by atoms with van der Waals surface area (Å²) < 4.78 is 38.2. The van der Waals surface area contributed by atoms with Gasteiger partial charge in [-0.1, -0.05) is 11.3 Å². The maximum atomic E-state index is 12.7. The number of aromatic nitrogens is 3. The van der Waals surface area contributed by atoms with Gasteiger partial charge in [0, 0.05) is 37.9 Å². The van der Waals surface area contributed by atoms with Crippen LogP contribution in [0.5, 0.6) is 0 Å². The summed E-state index contributed by atoms with van der Waals surface area (Å²) in [7, 11) is 1.82. The molecule has 25 heavy (non-hydrogen) atoms. The summed E-state index contributed by atoms with van der Waals surface area (Å²) in [6.07, 6.45) is -1.72. The first-order valence-corrected chi connectivity index (χ1v) is 8.89. The standard InChI is InChI=1S/C16H20F3N5S/c1-10-8-14(22-11(2)21-10)24-6-4-12(5-7-24)23(3)15-20-9-13(25-15)16(17,18)19/h8-9,12H,4-7H2,1-3H3. The first kappa shape index (κ1) is 17.9. The Labute approximate surface area is 148 Å². The van der Waals surface area contributed by atoms with Crippen LogP contribution in [0.25, 0.3) is 0 Å². The highest BCUT2D eigenvalue weighted by molar-refractivity contribution is 7.15. The summed E-state index contributed by atoms with van der Waals surface area (Å²) in [6, 6.07) is 2.14. The lowest BCUT2D eigenvalue weighted by molar-refractivity contribution is -0.134. The Bertz CT molecular complexity index is 717. The van der Waals surface area contributed by atoms with Crippen LogP contribution in [0.15, 0.2) is 12.3 Å². The van der Waals surface area contributed by atoms with Gasteiger partial charge in [0.05, 0.1) is 6.20 Å². The third-order valence-corrected chi connectivity index (χ3v) is 5.50. The molecule has 0 bridgehead atoms. The number of halogens is 3. The van der Waals surface area contributed by atoms with Gasteiger partial charge in [0.2, 0.25) is 0 Å². The van der Waals surface area contributed by atoms with Crippen molar-refractivity contribution in [3.05, 3.63) is 28.7 Å². The van der Waals surface area contributed by atoms with Crippen molar-refractivity contribution in [2.45, 2.75) is 38.9 Å². The molecule has 1 aliphatic rings. The predicted octanol–water partition coefficient (Wildman–Crippen LogP) is 3.67. The molecule has 3 rings (SSSR count). The van der Waals surface area contributed by atoms with Crippen LogP contribution < -0.4 is 9.80 Å². The van der Waals surface area contributed by atoms with E-state index in [4.69, 9.17) is 0 Å². The number of alkyl halides is 3. The monoisotopic (exact) mass is 371 g/mol. The molecule has 3 heterocycles. The normalized spacial score (nSPS) is 16.3. The zero-order valence-electron chi connectivity index (χ0n) is 14.3. The summed E-state index contributed by atoms with van der Waals surface area (Å²) in [4.78, 5) is 16.1. The van der Waals surface area contributed by atoms with Crippen LogP contribution in [0, 0.1) is 13.8 Å². The minimum absolute atomic E-state index is 0.174. The van der Waals surface area contributed by atoms with Gasteiger partial charge in [0.25, 0.3) is 0 Å². The van der Waals surface area contributed by atoms with E-state index in [9.17, 15) is 13.2 Å². The number of anilines is 2. The van der Waals surface area contributed by atoms with Gasteiger partial charge < -0.3 is 9.80 Å². The molecule has 1 aliphatic heterocycles. The molecular weight excluding hydrogens is 351 g/mol. The molecular formula is C16H20F3N5S. The maximum absolute atomic E-state index is 12.7. The molecule has 0 radical (unpaired) electrons. The van der Waals surface area contributed by atoms with E-state index in [1.165, 1.54) is 0 Å². The van der Waals surface area contributed by atoms with Gasteiger partial charge in [-0.2, -0.15) is 13.2 Å². The SMILES string of the molecule is Cc1cc(N2CCC(N(C)c3ncc(C(F)(F)F)s3)CC2)nc(C)n1. The molecule has 2 aromatic rings. The van der Waals surface area contributed by atoms with Gasteiger partial charge in [-0.15, -0.1) is 0 Å². The van der Waals surface area contributed by atoms with Gasteiger partial charge in [0.1, 0.15) is 16.5 Å². The van der Waals surface area contributed by atoms with Crippen LogP contribution in [0.1, 0.15) is 29.2 Å². The van der Waals surface area contributed by atoms with Gasteiger partial charge in [-0.25, -0.2) is 15.0 Å². The zero-order valence-corrected chi connectivity index (χ0v) is 15.2. The summed E-state index contributed by atoms with van der Waals surface area (Å²) in [6.45, 7) is 5.43. The number of thiazole rings is 1. The van der Waals surface area contributed by atoms with Crippen molar-refractivity contribution in [2.75, 3.05) is 29.9 Å². The molecule has 0 unspecified atom stereocenters. The second-order valence-corrected chi connectivity index (χ2v) is 7.26. The van der Waals surface area contributed by atoms with Crippen molar-refractivity contribution >= 4 is 22.3 Å². The van der Waals surface area contributed by atoms with E-state index >= 15 is 0 Å². The summed E-state index contributed by atoms with van der Waals surface area (Å²) in [5.41, 5.74) is 0.934. The highest BCUT2D eigenvalue weighted by Gasteiger charge is 2.34. The third kappa shape index (κ3) is 4.02. The topological polar surface area (TPSA) is 45.2 Å². The van der Waals surface area contributed by atoms with Crippen LogP contribution in [-0.2, 0) is 6.18 Å². The van der Waals surface area contributed by atoms with E-state index in [0.29, 0.717) is 16.5 Å². The average molecular weight is 371 g/mol. The van der Waals surface area contributed by atoms with Crippen LogP contribution in [0.3, 0.4) is 0 Å². The lowest BCUT2D eigenvalue weighted by atomic mass is 10.0. The number of rotatable bonds is 3. The van der Waals surface area contributed by atoms with E-state index in [1.54, 1.807) is 0 Å². The lowest BCUT2D eigenvalue weighted by Crippen LogP contribution is -2.43. The minimum atomic E-state index is -4.33. The van der Waals surface area contributed by atoms with E-state index in [0.717, 1.165) is 49.5 Å². The second kappa shape index (κ2) is 6.78. The maximum Gasteiger partial charge on any atom is 0.427 e. The van der Waals surface area contributed by atoms with E-state index in [2.05, 4.69) is 19.9 Å². The number of piperidine rings is 1. The first-order chi connectivity index (χ1) is 11.7. The molecule has 0 N–H and O–H groups in total. The molecule has 9 heteroatoms. The summed E-state index contributed by atoms with van der Waals surface area (Å²) in [5.74, 6) is 1.66. The summed E-state index contributed by atoms with van der Waals surface area (Å²) >= 11 is 0.698. The molecule has 0 aromatic carbocycles. The first-order valence-electron chi connectivity index (χ1n) is 8.07. The Morgan fingerprint density at radius 3 is 2.44 bits per heavy atom. The molecule has 0 saturated carbocycles. The quantitative estimate of drug-likeness (QED) is 0.824. The average Bonchev–Trinajstić information content (AvgIpc) is 3.03. The lowest BCUT2D eigenvalue weighted by Gasteiger charge is -2.37. The van der Waals surface area contributed by atoms with Crippen LogP contribution in [0.4, 0.5) is 24.1 Å². The fraction of sp³-hybridized carbons (Fsp3) is 0.562. The Hall–Kier alpha value is -1.90. The Morgan fingerprint density at radius 2 is 1.88 bits per heavy atom. The van der Waals surface area contributed by atoms with Crippen LogP contribution in [0.2, 0.25) is 0 Å². The molecule has 0 atom stereocenters. The Morgan fingerprint density at radius 1 is 1.20 bits per heavy atom. The molecule has 1 saturated heterocycles. The van der Waals surface area contributed by atoms with E-state index in [-0.39, 0.29) is 6.04 Å².